The minimum atomic E-state index is -2.10. The van der Waals surface area contributed by atoms with Gasteiger partial charge < -0.3 is 0 Å². The number of fused-ring (bicyclic) bond motifs is 3. The van der Waals surface area contributed by atoms with Gasteiger partial charge in [0.15, 0.2) is 5.82 Å². The van der Waals surface area contributed by atoms with Gasteiger partial charge in [0, 0.05) is 11.1 Å². The molecule has 1 aliphatic rings. The highest BCUT2D eigenvalue weighted by atomic mass is 28.3. The van der Waals surface area contributed by atoms with Crippen molar-refractivity contribution in [3.8, 4) is 101 Å². The van der Waals surface area contributed by atoms with Crippen molar-refractivity contribution >= 4 is 18.4 Å². The van der Waals surface area contributed by atoms with Gasteiger partial charge in [0.2, 0.25) is 0 Å². The zero-order valence-corrected chi connectivity index (χ0v) is 36.3. The van der Waals surface area contributed by atoms with Crippen LogP contribution >= 0.6 is 0 Å². The molecule has 2 heterocycles. The number of benzene rings is 9. The molecule has 11 rings (SSSR count). The molecule has 0 radical (unpaired) electrons. The van der Waals surface area contributed by atoms with Gasteiger partial charge in [-0.25, -0.2) is 9.97 Å². The number of hydrogen-bond acceptors (Lipinski definition) is 2. The second-order valence-corrected chi connectivity index (χ2v) is 21.3. The molecule has 0 N–H and O–H groups in total. The number of aromatic nitrogens is 2. The molecule has 1 aromatic heterocycles. The molecule has 0 fully saturated rings. The maximum atomic E-state index is 5.46. The molecule has 63 heavy (non-hydrogen) atoms. The van der Waals surface area contributed by atoms with Crippen molar-refractivity contribution in [2.24, 2.45) is 0 Å². The largest absolute Gasteiger partial charge is 0.228 e. The molecule has 0 atom stereocenters. The Morgan fingerprint density at radius 2 is 0.603 bits per heavy atom. The summed E-state index contributed by atoms with van der Waals surface area (Å²) in [6, 6.07) is 83.2. The SMILES string of the molecule is C[Si]1(C)c2ccccc2-c2nc(-c3ccc(-c4cccc(-c5cccc(-c6cc(-c7ccccc7)cc(-c7ccccc7)c6)c5)c4)cc3)nc(-c3cccc(-c4ccccc4)c3)c21. The Labute approximate surface area is 370 Å². The second-order valence-electron chi connectivity index (χ2n) is 17.0. The van der Waals surface area contributed by atoms with Crippen molar-refractivity contribution in [2.45, 2.75) is 13.1 Å². The molecule has 0 amide bonds. The van der Waals surface area contributed by atoms with E-state index >= 15 is 0 Å². The zero-order chi connectivity index (χ0) is 42.3. The lowest BCUT2D eigenvalue weighted by molar-refractivity contribution is 1.20. The smallest absolute Gasteiger partial charge is 0.160 e. The van der Waals surface area contributed by atoms with E-state index in [9.17, 15) is 0 Å². The Bertz CT molecular complexity index is 3230. The minimum Gasteiger partial charge on any atom is -0.228 e. The fourth-order valence-electron chi connectivity index (χ4n) is 9.39. The van der Waals surface area contributed by atoms with Gasteiger partial charge in [-0.15, -0.1) is 0 Å². The van der Waals surface area contributed by atoms with Crippen LogP contribution in [-0.4, -0.2) is 18.0 Å². The summed E-state index contributed by atoms with van der Waals surface area (Å²) in [5.41, 5.74) is 19.8. The van der Waals surface area contributed by atoms with E-state index in [2.05, 4.69) is 244 Å². The Kier molecular flexibility index (Phi) is 9.68. The molecular weight excluding hydrogens is 777 g/mol. The van der Waals surface area contributed by atoms with Crippen molar-refractivity contribution in [2.75, 3.05) is 0 Å². The lowest BCUT2D eigenvalue weighted by atomic mass is 9.92. The van der Waals surface area contributed by atoms with Crippen molar-refractivity contribution in [3.05, 3.63) is 231 Å². The average Bonchev–Trinajstić information content (AvgIpc) is 3.60. The van der Waals surface area contributed by atoms with Crippen LogP contribution in [0, 0.1) is 0 Å². The minimum absolute atomic E-state index is 0.749. The first-order valence-corrected chi connectivity index (χ1v) is 24.7. The van der Waals surface area contributed by atoms with Crippen molar-refractivity contribution in [1.82, 2.24) is 9.97 Å². The van der Waals surface area contributed by atoms with Crippen LogP contribution in [0.3, 0.4) is 0 Å². The Balaban J connectivity index is 0.944. The molecular formula is C60H44N2Si. The Hall–Kier alpha value is -7.72. The fraction of sp³-hybridized carbons (Fsp3) is 0.0333. The topological polar surface area (TPSA) is 25.8 Å². The summed E-state index contributed by atoms with van der Waals surface area (Å²) < 4.78 is 0. The molecule has 2 nitrogen and oxygen atoms in total. The molecule has 0 saturated carbocycles. The van der Waals surface area contributed by atoms with E-state index in [0.717, 1.165) is 39.5 Å². The first-order valence-electron chi connectivity index (χ1n) is 21.7. The number of hydrogen-bond donors (Lipinski definition) is 0. The highest BCUT2D eigenvalue weighted by molar-refractivity contribution is 7.04. The van der Waals surface area contributed by atoms with Crippen LogP contribution in [-0.2, 0) is 0 Å². The quantitative estimate of drug-likeness (QED) is 0.143. The molecule has 0 unspecified atom stereocenters. The number of rotatable bonds is 8. The summed E-state index contributed by atoms with van der Waals surface area (Å²) >= 11 is 0. The Morgan fingerprint density at radius 1 is 0.270 bits per heavy atom. The maximum Gasteiger partial charge on any atom is 0.160 e. The van der Waals surface area contributed by atoms with Crippen LogP contribution in [0.15, 0.2) is 231 Å². The summed E-state index contributed by atoms with van der Waals surface area (Å²) in [6.45, 7) is 4.88. The van der Waals surface area contributed by atoms with E-state index in [1.54, 1.807) is 0 Å². The average molecular weight is 821 g/mol. The third kappa shape index (κ3) is 7.23. The lowest BCUT2D eigenvalue weighted by Gasteiger charge is -2.22. The summed E-state index contributed by atoms with van der Waals surface area (Å²) in [6.07, 6.45) is 0. The molecule has 3 heteroatoms. The predicted octanol–water partition coefficient (Wildman–Crippen LogP) is 14.6. The van der Waals surface area contributed by atoms with Crippen LogP contribution < -0.4 is 10.4 Å². The number of nitrogens with zero attached hydrogens (tertiary/aromatic N) is 2. The third-order valence-corrected chi connectivity index (χ3v) is 16.2. The van der Waals surface area contributed by atoms with Gasteiger partial charge in [0.1, 0.15) is 8.07 Å². The summed E-state index contributed by atoms with van der Waals surface area (Å²) in [5.74, 6) is 0.749. The predicted molar refractivity (Wildman–Crippen MR) is 268 cm³/mol. The molecule has 0 spiro atoms. The highest BCUT2D eigenvalue weighted by Gasteiger charge is 2.41. The third-order valence-electron chi connectivity index (χ3n) is 12.6. The van der Waals surface area contributed by atoms with Gasteiger partial charge in [-0.05, 0) is 119 Å². The van der Waals surface area contributed by atoms with Gasteiger partial charge in [-0.1, -0.05) is 207 Å². The monoisotopic (exact) mass is 820 g/mol. The standard InChI is InChI=1S/C60H44N2Si/c1-63(2)56-30-13-12-29-55(56)58-59(63)57(51-28-16-24-47(37-51)41-17-6-3-7-18-41)61-60(62-58)45-33-31-44(32-34-45)46-23-14-25-48(35-46)49-26-15-27-50(36-49)54-39-52(42-19-8-4-9-20-42)38-53(40-54)43-21-10-5-11-22-43/h3-40H,1-2H3. The van der Waals surface area contributed by atoms with Crippen LogP contribution in [0.2, 0.25) is 13.1 Å². The van der Waals surface area contributed by atoms with Crippen LogP contribution in [0.5, 0.6) is 0 Å². The van der Waals surface area contributed by atoms with Gasteiger partial charge in [-0.2, -0.15) is 0 Å². The molecule has 9 aromatic carbocycles. The van der Waals surface area contributed by atoms with Gasteiger partial charge in [0.05, 0.1) is 11.4 Å². The highest BCUT2D eigenvalue weighted by Crippen LogP contribution is 2.37. The van der Waals surface area contributed by atoms with Crippen molar-refractivity contribution in [3.63, 3.8) is 0 Å². The summed E-state index contributed by atoms with van der Waals surface area (Å²) in [7, 11) is -2.10. The van der Waals surface area contributed by atoms with E-state index in [4.69, 9.17) is 9.97 Å². The van der Waals surface area contributed by atoms with Gasteiger partial charge in [0.25, 0.3) is 0 Å². The normalized spacial score (nSPS) is 12.4. The summed E-state index contributed by atoms with van der Waals surface area (Å²) in [5, 5.41) is 2.74. The lowest BCUT2D eigenvalue weighted by Crippen LogP contribution is -2.50. The van der Waals surface area contributed by atoms with Crippen LogP contribution in [0.25, 0.3) is 101 Å². The van der Waals surface area contributed by atoms with E-state index < -0.39 is 8.07 Å². The van der Waals surface area contributed by atoms with Crippen molar-refractivity contribution < 1.29 is 0 Å². The second kappa shape index (κ2) is 16.0. The molecule has 298 valence electrons. The Morgan fingerprint density at radius 3 is 1.14 bits per heavy atom. The van der Waals surface area contributed by atoms with Gasteiger partial charge >= 0.3 is 0 Å². The van der Waals surface area contributed by atoms with E-state index in [0.29, 0.717) is 0 Å². The van der Waals surface area contributed by atoms with Crippen LogP contribution in [0.1, 0.15) is 0 Å². The summed E-state index contributed by atoms with van der Waals surface area (Å²) in [4.78, 5) is 10.8. The molecule has 1 aliphatic heterocycles. The molecule has 0 saturated heterocycles. The molecule has 0 bridgehead atoms. The van der Waals surface area contributed by atoms with E-state index in [-0.39, 0.29) is 0 Å². The molecule has 0 aliphatic carbocycles. The fourth-order valence-corrected chi connectivity index (χ4v) is 12.6. The van der Waals surface area contributed by atoms with Gasteiger partial charge in [-0.3, -0.25) is 0 Å². The van der Waals surface area contributed by atoms with E-state index in [1.807, 2.05) is 0 Å². The van der Waals surface area contributed by atoms with Crippen LogP contribution in [0.4, 0.5) is 0 Å². The maximum absolute atomic E-state index is 5.46. The zero-order valence-electron chi connectivity index (χ0n) is 35.3. The first-order chi connectivity index (χ1) is 31.0. The molecule has 10 aromatic rings. The van der Waals surface area contributed by atoms with E-state index in [1.165, 1.54) is 71.6 Å². The van der Waals surface area contributed by atoms with Crippen molar-refractivity contribution in [1.29, 1.82) is 0 Å². The first kappa shape index (κ1) is 38.2.